The minimum atomic E-state index is -0.0493. The molecular weight excluding hydrogens is 364 g/mol. The van der Waals surface area contributed by atoms with E-state index in [9.17, 15) is 4.79 Å². The van der Waals surface area contributed by atoms with Crippen LogP contribution in [0.1, 0.15) is 24.0 Å². The van der Waals surface area contributed by atoms with E-state index in [1.807, 2.05) is 49.5 Å². The molecule has 1 saturated carbocycles. The molecule has 0 aromatic heterocycles. The summed E-state index contributed by atoms with van der Waals surface area (Å²) in [5.74, 6) is 1.54. The van der Waals surface area contributed by atoms with E-state index in [1.54, 1.807) is 7.05 Å². The molecule has 154 valence electrons. The van der Waals surface area contributed by atoms with Crippen LogP contribution < -0.4 is 15.4 Å². The van der Waals surface area contributed by atoms with Crippen molar-refractivity contribution in [3.05, 3.63) is 65.7 Å². The van der Waals surface area contributed by atoms with Crippen LogP contribution in [-0.4, -0.2) is 50.1 Å². The minimum Gasteiger partial charge on any atom is -0.484 e. The molecule has 0 unspecified atom stereocenters. The molecule has 1 aliphatic carbocycles. The van der Waals surface area contributed by atoms with Crippen molar-refractivity contribution in [1.29, 1.82) is 0 Å². The molecule has 0 aliphatic heterocycles. The third-order valence-electron chi connectivity index (χ3n) is 4.77. The van der Waals surface area contributed by atoms with Crippen molar-refractivity contribution in [2.75, 3.05) is 27.2 Å². The molecule has 29 heavy (non-hydrogen) atoms. The molecule has 1 amide bonds. The van der Waals surface area contributed by atoms with Gasteiger partial charge in [0.15, 0.2) is 12.6 Å². The maximum atomic E-state index is 11.7. The van der Waals surface area contributed by atoms with Crippen molar-refractivity contribution < 1.29 is 9.53 Å². The average Bonchev–Trinajstić information content (AvgIpc) is 3.55. The fourth-order valence-electron chi connectivity index (χ4n) is 3.03. The van der Waals surface area contributed by atoms with Gasteiger partial charge >= 0.3 is 0 Å². The molecular formula is C23H30N4O2. The van der Waals surface area contributed by atoms with Crippen LogP contribution >= 0.6 is 0 Å². The van der Waals surface area contributed by atoms with Gasteiger partial charge in [-0.1, -0.05) is 42.5 Å². The summed E-state index contributed by atoms with van der Waals surface area (Å²) in [5, 5.41) is 6.32. The van der Waals surface area contributed by atoms with Gasteiger partial charge in [0, 0.05) is 33.2 Å². The third kappa shape index (κ3) is 7.14. The number of aliphatic imine (C=N–C) groups is 1. The average molecular weight is 395 g/mol. The normalized spacial score (nSPS) is 13.7. The lowest BCUT2D eigenvalue weighted by molar-refractivity contribution is -0.123. The number of guanidine groups is 1. The lowest BCUT2D eigenvalue weighted by atomic mass is 10.1. The Balaban J connectivity index is 1.39. The van der Waals surface area contributed by atoms with Gasteiger partial charge in [0.1, 0.15) is 5.75 Å². The number of rotatable bonds is 9. The van der Waals surface area contributed by atoms with Gasteiger partial charge in [-0.15, -0.1) is 0 Å². The third-order valence-corrected chi connectivity index (χ3v) is 4.77. The summed E-state index contributed by atoms with van der Waals surface area (Å²) in [4.78, 5) is 18.2. The highest BCUT2D eigenvalue weighted by Gasteiger charge is 2.23. The van der Waals surface area contributed by atoms with E-state index < -0.39 is 0 Å². The summed E-state index contributed by atoms with van der Waals surface area (Å²) in [6.45, 7) is 1.66. The van der Waals surface area contributed by atoms with Crippen LogP contribution in [0.3, 0.4) is 0 Å². The maximum Gasteiger partial charge on any atom is 0.258 e. The van der Waals surface area contributed by atoms with Gasteiger partial charge in [0.25, 0.3) is 5.91 Å². The smallest absolute Gasteiger partial charge is 0.258 e. The number of carbonyl (C=O) groups is 1. The number of nitrogens with zero attached hydrogens (tertiary/aromatic N) is 2. The van der Waals surface area contributed by atoms with Crippen molar-refractivity contribution in [1.82, 2.24) is 15.5 Å². The zero-order valence-corrected chi connectivity index (χ0v) is 17.2. The first-order valence-corrected chi connectivity index (χ1v) is 10.1. The quantitative estimate of drug-likeness (QED) is 0.507. The molecule has 0 radical (unpaired) electrons. The number of hydrogen-bond donors (Lipinski definition) is 2. The zero-order valence-electron chi connectivity index (χ0n) is 17.2. The molecule has 0 bridgehead atoms. The minimum absolute atomic E-state index is 0.0493. The van der Waals surface area contributed by atoms with Gasteiger partial charge in [0.05, 0.1) is 0 Å². The second-order valence-corrected chi connectivity index (χ2v) is 7.34. The fourth-order valence-corrected chi connectivity index (χ4v) is 3.03. The molecule has 0 heterocycles. The zero-order chi connectivity index (χ0) is 20.5. The lowest BCUT2D eigenvalue weighted by Crippen LogP contribution is -2.39. The molecule has 0 saturated heterocycles. The van der Waals surface area contributed by atoms with Crippen LogP contribution in [-0.2, 0) is 17.8 Å². The molecule has 3 rings (SSSR count). The first-order chi connectivity index (χ1) is 14.1. The van der Waals surface area contributed by atoms with E-state index in [0.717, 1.165) is 38.3 Å². The Kier molecular flexibility index (Phi) is 7.50. The Bertz CT molecular complexity index is 801. The summed E-state index contributed by atoms with van der Waals surface area (Å²) in [5.41, 5.74) is 2.45. The van der Waals surface area contributed by atoms with Gasteiger partial charge < -0.3 is 20.3 Å². The number of ether oxygens (including phenoxy) is 1. The highest BCUT2D eigenvalue weighted by Crippen LogP contribution is 2.18. The fraction of sp³-hybridized carbons (Fsp3) is 0.391. The SMILES string of the molecule is CN=C(NCCc1ccc(OCC(=O)NC2CC2)cc1)N(C)Cc1ccccc1. The molecule has 0 atom stereocenters. The molecule has 6 heteroatoms. The molecule has 0 spiro atoms. The second-order valence-electron chi connectivity index (χ2n) is 7.34. The second kappa shape index (κ2) is 10.5. The summed E-state index contributed by atoms with van der Waals surface area (Å²) < 4.78 is 5.55. The first-order valence-electron chi connectivity index (χ1n) is 10.1. The van der Waals surface area contributed by atoms with Crippen molar-refractivity contribution in [3.8, 4) is 5.75 Å². The summed E-state index contributed by atoms with van der Waals surface area (Å²) in [6.07, 6.45) is 3.04. The van der Waals surface area contributed by atoms with Crippen molar-refractivity contribution in [2.45, 2.75) is 31.8 Å². The van der Waals surface area contributed by atoms with Crippen LogP contribution in [0.2, 0.25) is 0 Å². The van der Waals surface area contributed by atoms with E-state index in [1.165, 1.54) is 11.1 Å². The first kappa shape index (κ1) is 20.7. The lowest BCUT2D eigenvalue weighted by Gasteiger charge is -2.22. The predicted molar refractivity (Wildman–Crippen MR) is 116 cm³/mol. The monoisotopic (exact) mass is 394 g/mol. The number of nitrogens with one attached hydrogen (secondary N) is 2. The number of amides is 1. The highest BCUT2D eigenvalue weighted by molar-refractivity contribution is 5.79. The Morgan fingerprint density at radius 3 is 2.48 bits per heavy atom. The van der Waals surface area contributed by atoms with Crippen molar-refractivity contribution in [2.24, 2.45) is 4.99 Å². The van der Waals surface area contributed by atoms with Gasteiger partial charge in [-0.05, 0) is 42.5 Å². The molecule has 6 nitrogen and oxygen atoms in total. The van der Waals surface area contributed by atoms with Crippen LogP contribution in [0.15, 0.2) is 59.6 Å². The topological polar surface area (TPSA) is 66.0 Å². The van der Waals surface area contributed by atoms with Crippen LogP contribution in [0.5, 0.6) is 5.75 Å². The van der Waals surface area contributed by atoms with Crippen LogP contribution in [0.25, 0.3) is 0 Å². The molecule has 2 N–H and O–H groups in total. The van der Waals surface area contributed by atoms with Gasteiger partial charge in [-0.25, -0.2) is 0 Å². The standard InChI is InChI=1S/C23H30N4O2/c1-24-23(27(2)16-19-6-4-3-5-7-19)25-15-14-18-8-12-21(13-9-18)29-17-22(28)26-20-10-11-20/h3-9,12-13,20H,10-11,14-17H2,1-2H3,(H,24,25)(H,26,28). The Morgan fingerprint density at radius 2 is 1.83 bits per heavy atom. The predicted octanol–water partition coefficient (Wildman–Crippen LogP) is 2.59. The maximum absolute atomic E-state index is 11.7. The summed E-state index contributed by atoms with van der Waals surface area (Å²) in [6, 6.07) is 18.6. The molecule has 2 aromatic carbocycles. The van der Waals surface area contributed by atoms with Gasteiger partial charge in [0.2, 0.25) is 0 Å². The molecule has 1 fully saturated rings. The van der Waals surface area contributed by atoms with Crippen molar-refractivity contribution >= 4 is 11.9 Å². The van der Waals surface area contributed by atoms with Crippen LogP contribution in [0, 0.1) is 0 Å². The number of benzene rings is 2. The Morgan fingerprint density at radius 1 is 1.10 bits per heavy atom. The molecule has 2 aromatic rings. The van der Waals surface area contributed by atoms with Gasteiger partial charge in [-0.3, -0.25) is 9.79 Å². The van der Waals surface area contributed by atoms with Crippen LogP contribution in [0.4, 0.5) is 0 Å². The largest absolute Gasteiger partial charge is 0.484 e. The van der Waals surface area contributed by atoms with E-state index >= 15 is 0 Å². The summed E-state index contributed by atoms with van der Waals surface area (Å²) >= 11 is 0. The highest BCUT2D eigenvalue weighted by atomic mass is 16.5. The van der Waals surface area contributed by atoms with E-state index in [4.69, 9.17) is 4.74 Å². The number of carbonyl (C=O) groups excluding carboxylic acids is 1. The van der Waals surface area contributed by atoms with Crippen molar-refractivity contribution in [3.63, 3.8) is 0 Å². The number of hydrogen-bond acceptors (Lipinski definition) is 3. The van der Waals surface area contributed by atoms with E-state index in [2.05, 4.69) is 32.7 Å². The van der Waals surface area contributed by atoms with E-state index in [-0.39, 0.29) is 12.5 Å². The summed E-state index contributed by atoms with van der Waals surface area (Å²) in [7, 11) is 3.84. The molecule has 1 aliphatic rings. The Hall–Kier alpha value is -3.02. The van der Waals surface area contributed by atoms with E-state index in [0.29, 0.717) is 11.8 Å². The Labute approximate surface area is 173 Å². The van der Waals surface area contributed by atoms with Gasteiger partial charge in [-0.2, -0.15) is 0 Å².